The molecule has 1 rings (SSSR count). The monoisotopic (exact) mass is 259 g/mol. The summed E-state index contributed by atoms with van der Waals surface area (Å²) in [6, 6.07) is 0. The molecule has 0 saturated carbocycles. The maximum absolute atomic E-state index is 11.6. The number of amides is 1. The zero-order chi connectivity index (χ0) is 12.0. The number of carbonyl (C=O) groups excluding carboxylic acids is 1. The Bertz CT molecular complexity index is 344. The van der Waals surface area contributed by atoms with E-state index < -0.39 is 0 Å². The summed E-state index contributed by atoms with van der Waals surface area (Å²) in [7, 11) is 0. The molecule has 0 spiro atoms. The SMILES string of the molecule is CSC(C)CCNC(=O)c1cnc(Cl)cn1. The van der Waals surface area contributed by atoms with Gasteiger partial charge in [-0.1, -0.05) is 18.5 Å². The molecule has 0 aliphatic carbocycles. The van der Waals surface area contributed by atoms with Gasteiger partial charge < -0.3 is 5.32 Å². The van der Waals surface area contributed by atoms with Gasteiger partial charge in [0.25, 0.3) is 5.91 Å². The van der Waals surface area contributed by atoms with E-state index in [0.717, 1.165) is 6.42 Å². The fraction of sp³-hybridized carbons (Fsp3) is 0.500. The molecule has 1 heterocycles. The molecule has 0 bridgehead atoms. The Morgan fingerprint density at radius 3 is 2.88 bits per heavy atom. The summed E-state index contributed by atoms with van der Waals surface area (Å²) < 4.78 is 0. The number of hydrogen-bond donors (Lipinski definition) is 1. The van der Waals surface area contributed by atoms with Crippen LogP contribution >= 0.6 is 23.4 Å². The van der Waals surface area contributed by atoms with Gasteiger partial charge in [-0.15, -0.1) is 0 Å². The highest BCUT2D eigenvalue weighted by atomic mass is 35.5. The van der Waals surface area contributed by atoms with Gasteiger partial charge in [0.15, 0.2) is 0 Å². The highest BCUT2D eigenvalue weighted by Gasteiger charge is 2.07. The number of carbonyl (C=O) groups is 1. The first-order chi connectivity index (χ1) is 7.63. The molecule has 1 amide bonds. The molecule has 1 N–H and O–H groups in total. The third-order valence-corrected chi connectivity index (χ3v) is 3.33. The number of aromatic nitrogens is 2. The zero-order valence-electron chi connectivity index (χ0n) is 9.24. The Labute approximate surface area is 104 Å². The van der Waals surface area contributed by atoms with Crippen LogP contribution in [-0.2, 0) is 0 Å². The van der Waals surface area contributed by atoms with E-state index in [1.54, 1.807) is 11.8 Å². The van der Waals surface area contributed by atoms with E-state index in [2.05, 4.69) is 28.5 Å². The molecule has 0 aliphatic heterocycles. The highest BCUT2D eigenvalue weighted by molar-refractivity contribution is 7.99. The Hall–Kier alpha value is -0.810. The van der Waals surface area contributed by atoms with Crippen molar-refractivity contribution in [3.63, 3.8) is 0 Å². The van der Waals surface area contributed by atoms with Gasteiger partial charge in [-0.2, -0.15) is 11.8 Å². The average Bonchev–Trinajstić information content (AvgIpc) is 2.29. The molecule has 1 atom stereocenters. The van der Waals surface area contributed by atoms with Crippen LogP contribution in [0.1, 0.15) is 23.8 Å². The lowest BCUT2D eigenvalue weighted by atomic mass is 10.3. The Morgan fingerprint density at radius 1 is 1.56 bits per heavy atom. The van der Waals surface area contributed by atoms with E-state index in [-0.39, 0.29) is 11.1 Å². The van der Waals surface area contributed by atoms with E-state index in [0.29, 0.717) is 17.5 Å². The van der Waals surface area contributed by atoms with Crippen molar-refractivity contribution < 1.29 is 4.79 Å². The topological polar surface area (TPSA) is 54.9 Å². The maximum atomic E-state index is 11.6. The summed E-state index contributed by atoms with van der Waals surface area (Å²) in [6.45, 7) is 2.77. The van der Waals surface area contributed by atoms with Gasteiger partial charge >= 0.3 is 0 Å². The predicted octanol–water partition coefficient (Wildman–Crippen LogP) is 2.00. The van der Waals surface area contributed by atoms with E-state index >= 15 is 0 Å². The van der Waals surface area contributed by atoms with Gasteiger partial charge in [0.2, 0.25) is 0 Å². The molecule has 16 heavy (non-hydrogen) atoms. The molecule has 6 heteroatoms. The number of halogens is 1. The Morgan fingerprint density at radius 2 is 2.31 bits per heavy atom. The summed E-state index contributed by atoms with van der Waals surface area (Å²) in [6.07, 6.45) is 5.72. The largest absolute Gasteiger partial charge is 0.351 e. The van der Waals surface area contributed by atoms with Gasteiger partial charge in [0.05, 0.1) is 12.4 Å². The first-order valence-corrected chi connectivity index (χ1v) is 6.58. The van der Waals surface area contributed by atoms with Crippen molar-refractivity contribution in [3.8, 4) is 0 Å². The Kier molecular flexibility index (Phi) is 5.55. The fourth-order valence-electron chi connectivity index (χ4n) is 1.03. The first kappa shape index (κ1) is 13.3. The zero-order valence-corrected chi connectivity index (χ0v) is 10.8. The second kappa shape index (κ2) is 6.70. The second-order valence-electron chi connectivity index (χ2n) is 3.32. The molecule has 4 nitrogen and oxygen atoms in total. The lowest BCUT2D eigenvalue weighted by molar-refractivity contribution is 0.0948. The highest BCUT2D eigenvalue weighted by Crippen LogP contribution is 2.08. The third-order valence-electron chi connectivity index (χ3n) is 2.09. The first-order valence-electron chi connectivity index (χ1n) is 4.92. The summed E-state index contributed by atoms with van der Waals surface area (Å²) in [5.74, 6) is -0.211. The van der Waals surface area contributed by atoms with Gasteiger partial charge in [-0.05, 0) is 12.7 Å². The minimum atomic E-state index is -0.211. The summed E-state index contributed by atoms with van der Waals surface area (Å²) >= 11 is 7.35. The molecule has 1 aromatic rings. The van der Waals surface area contributed by atoms with Crippen molar-refractivity contribution >= 4 is 29.3 Å². The van der Waals surface area contributed by atoms with E-state index in [1.807, 2.05) is 0 Å². The van der Waals surface area contributed by atoms with Crippen molar-refractivity contribution in [2.24, 2.45) is 0 Å². The number of hydrogen-bond acceptors (Lipinski definition) is 4. The maximum Gasteiger partial charge on any atom is 0.271 e. The van der Waals surface area contributed by atoms with Crippen LogP contribution in [0.5, 0.6) is 0 Å². The van der Waals surface area contributed by atoms with Crippen LogP contribution in [0.4, 0.5) is 0 Å². The van der Waals surface area contributed by atoms with E-state index in [1.165, 1.54) is 12.4 Å². The Balaban J connectivity index is 2.38. The van der Waals surface area contributed by atoms with Crippen molar-refractivity contribution in [2.75, 3.05) is 12.8 Å². The number of rotatable bonds is 5. The number of nitrogens with zero attached hydrogens (tertiary/aromatic N) is 2. The molecule has 1 unspecified atom stereocenters. The molecule has 0 aromatic carbocycles. The van der Waals surface area contributed by atoms with E-state index in [9.17, 15) is 4.79 Å². The van der Waals surface area contributed by atoms with Gasteiger partial charge in [-0.3, -0.25) is 4.79 Å². The minimum Gasteiger partial charge on any atom is -0.351 e. The molecule has 0 saturated heterocycles. The predicted molar refractivity (Wildman–Crippen MR) is 67.0 cm³/mol. The van der Waals surface area contributed by atoms with Gasteiger partial charge in [0.1, 0.15) is 10.8 Å². The molecule has 1 aromatic heterocycles. The van der Waals surface area contributed by atoms with Crippen molar-refractivity contribution in [3.05, 3.63) is 23.2 Å². The normalized spacial score (nSPS) is 12.2. The van der Waals surface area contributed by atoms with Crippen LogP contribution < -0.4 is 5.32 Å². The van der Waals surface area contributed by atoms with Crippen LogP contribution in [0.25, 0.3) is 0 Å². The fourth-order valence-corrected chi connectivity index (χ4v) is 1.48. The molecular weight excluding hydrogens is 246 g/mol. The third kappa shape index (κ3) is 4.37. The van der Waals surface area contributed by atoms with E-state index in [4.69, 9.17) is 11.6 Å². The lowest BCUT2D eigenvalue weighted by Crippen LogP contribution is -2.26. The van der Waals surface area contributed by atoms with Gasteiger partial charge in [-0.25, -0.2) is 9.97 Å². The average molecular weight is 260 g/mol. The molecule has 0 radical (unpaired) electrons. The number of thioether (sulfide) groups is 1. The van der Waals surface area contributed by atoms with Crippen LogP contribution in [0, 0.1) is 0 Å². The summed E-state index contributed by atoms with van der Waals surface area (Å²) in [4.78, 5) is 19.2. The summed E-state index contributed by atoms with van der Waals surface area (Å²) in [5, 5.41) is 3.61. The second-order valence-corrected chi connectivity index (χ2v) is 4.98. The smallest absolute Gasteiger partial charge is 0.271 e. The lowest BCUT2D eigenvalue weighted by Gasteiger charge is -2.08. The molecule has 88 valence electrons. The number of nitrogens with one attached hydrogen (secondary N) is 1. The van der Waals surface area contributed by atoms with Crippen LogP contribution in [-0.4, -0.2) is 33.9 Å². The van der Waals surface area contributed by atoms with Crippen molar-refractivity contribution in [2.45, 2.75) is 18.6 Å². The van der Waals surface area contributed by atoms with Gasteiger partial charge in [0, 0.05) is 11.8 Å². The molecule has 0 fully saturated rings. The van der Waals surface area contributed by atoms with Crippen molar-refractivity contribution in [1.82, 2.24) is 15.3 Å². The van der Waals surface area contributed by atoms with Crippen LogP contribution in [0.15, 0.2) is 12.4 Å². The summed E-state index contributed by atoms with van der Waals surface area (Å²) in [5.41, 5.74) is 0.293. The standard InChI is InChI=1S/C10H14ClN3OS/c1-7(16-2)3-4-12-10(15)8-5-14-9(11)6-13-8/h5-7H,3-4H2,1-2H3,(H,12,15). The van der Waals surface area contributed by atoms with Crippen LogP contribution in [0.2, 0.25) is 5.15 Å². The molecule has 0 aliphatic rings. The van der Waals surface area contributed by atoms with Crippen LogP contribution in [0.3, 0.4) is 0 Å². The quantitative estimate of drug-likeness (QED) is 0.879. The minimum absolute atomic E-state index is 0.211. The van der Waals surface area contributed by atoms with Crippen molar-refractivity contribution in [1.29, 1.82) is 0 Å². The molecular formula is C10H14ClN3OS.